The highest BCUT2D eigenvalue weighted by molar-refractivity contribution is 6.06. The fourth-order valence-electron chi connectivity index (χ4n) is 2.47. The number of carbonyl (C=O) groups excluding carboxylic acids is 1. The van der Waals surface area contributed by atoms with E-state index >= 15 is 0 Å². The van der Waals surface area contributed by atoms with Crippen LogP contribution < -0.4 is 15.7 Å². The van der Waals surface area contributed by atoms with Gasteiger partial charge in [0.1, 0.15) is 5.75 Å². The zero-order valence-electron chi connectivity index (χ0n) is 13.6. The monoisotopic (exact) mass is 325 g/mol. The standard InChI is InChI=1S/C18H19N3O3/c1-3-9-24-14-6-4-5-13(11-14)19-17(22)12-7-8-16-15(10-12)20-18(23)21(16)2/h4-8,10-11H,3,9H2,1-2H3,(H,19,22)(H,20,23). The Hall–Kier alpha value is -3.02. The summed E-state index contributed by atoms with van der Waals surface area (Å²) in [5.41, 5.74) is 2.32. The van der Waals surface area contributed by atoms with Crippen molar-refractivity contribution in [2.24, 2.45) is 7.05 Å². The van der Waals surface area contributed by atoms with E-state index < -0.39 is 0 Å². The first-order valence-electron chi connectivity index (χ1n) is 7.81. The van der Waals surface area contributed by atoms with Gasteiger partial charge in [-0.15, -0.1) is 0 Å². The predicted octanol–water partition coefficient (Wildman–Crippen LogP) is 2.91. The van der Waals surface area contributed by atoms with Crippen molar-refractivity contribution in [3.05, 3.63) is 58.5 Å². The summed E-state index contributed by atoms with van der Waals surface area (Å²) in [6.45, 7) is 2.67. The van der Waals surface area contributed by atoms with E-state index in [1.807, 2.05) is 19.1 Å². The number of rotatable bonds is 5. The smallest absolute Gasteiger partial charge is 0.326 e. The second-order valence-electron chi connectivity index (χ2n) is 5.55. The average Bonchev–Trinajstić information content (AvgIpc) is 2.87. The summed E-state index contributed by atoms with van der Waals surface area (Å²) in [6, 6.07) is 12.4. The van der Waals surface area contributed by atoms with Crippen molar-refractivity contribution in [1.29, 1.82) is 0 Å². The maximum atomic E-state index is 12.4. The lowest BCUT2D eigenvalue weighted by molar-refractivity contribution is 0.102. The molecule has 0 saturated heterocycles. The number of nitrogens with zero attached hydrogens (tertiary/aromatic N) is 1. The van der Waals surface area contributed by atoms with Gasteiger partial charge < -0.3 is 15.0 Å². The van der Waals surface area contributed by atoms with Crippen LogP contribution in [0.4, 0.5) is 5.69 Å². The number of nitrogens with one attached hydrogen (secondary N) is 2. The van der Waals surface area contributed by atoms with E-state index in [9.17, 15) is 9.59 Å². The maximum Gasteiger partial charge on any atom is 0.326 e. The van der Waals surface area contributed by atoms with Gasteiger partial charge >= 0.3 is 5.69 Å². The predicted molar refractivity (Wildman–Crippen MR) is 93.7 cm³/mol. The Morgan fingerprint density at radius 3 is 2.88 bits per heavy atom. The number of H-pyrrole nitrogens is 1. The van der Waals surface area contributed by atoms with Crippen molar-refractivity contribution in [3.8, 4) is 5.75 Å². The van der Waals surface area contributed by atoms with Crippen LogP contribution in [0.1, 0.15) is 23.7 Å². The molecule has 0 aliphatic rings. The molecule has 1 amide bonds. The summed E-state index contributed by atoms with van der Waals surface area (Å²) in [5.74, 6) is 0.478. The average molecular weight is 325 g/mol. The van der Waals surface area contributed by atoms with Crippen molar-refractivity contribution in [2.75, 3.05) is 11.9 Å². The van der Waals surface area contributed by atoms with Crippen molar-refractivity contribution in [2.45, 2.75) is 13.3 Å². The number of hydrogen-bond donors (Lipinski definition) is 2. The second kappa shape index (κ2) is 6.62. The van der Waals surface area contributed by atoms with Gasteiger partial charge in [-0.2, -0.15) is 0 Å². The van der Waals surface area contributed by atoms with E-state index in [1.165, 1.54) is 4.57 Å². The maximum absolute atomic E-state index is 12.4. The molecule has 2 N–H and O–H groups in total. The third kappa shape index (κ3) is 3.17. The van der Waals surface area contributed by atoms with E-state index in [4.69, 9.17) is 4.74 Å². The molecule has 0 atom stereocenters. The summed E-state index contributed by atoms with van der Waals surface area (Å²) in [4.78, 5) is 26.8. The molecule has 0 aliphatic heterocycles. The third-order valence-electron chi connectivity index (χ3n) is 3.73. The molecule has 6 heteroatoms. The largest absolute Gasteiger partial charge is 0.494 e. The van der Waals surface area contributed by atoms with Crippen molar-refractivity contribution < 1.29 is 9.53 Å². The number of amides is 1. The Morgan fingerprint density at radius 2 is 2.08 bits per heavy atom. The molecule has 24 heavy (non-hydrogen) atoms. The van der Waals surface area contributed by atoms with Crippen LogP contribution >= 0.6 is 0 Å². The first-order chi connectivity index (χ1) is 11.6. The molecule has 3 aromatic rings. The quantitative estimate of drug-likeness (QED) is 0.757. The van der Waals surface area contributed by atoms with Gasteiger partial charge in [-0.05, 0) is 36.8 Å². The van der Waals surface area contributed by atoms with Gasteiger partial charge in [0.2, 0.25) is 0 Å². The minimum atomic E-state index is -0.241. The Labute approximate surface area is 139 Å². The van der Waals surface area contributed by atoms with Crippen LogP contribution in [0.15, 0.2) is 47.3 Å². The van der Waals surface area contributed by atoms with E-state index in [2.05, 4.69) is 10.3 Å². The number of benzene rings is 2. The van der Waals surface area contributed by atoms with Crippen LogP contribution in [0, 0.1) is 0 Å². The summed E-state index contributed by atoms with van der Waals surface area (Å²) < 4.78 is 7.07. The highest BCUT2D eigenvalue weighted by Gasteiger charge is 2.10. The minimum absolute atomic E-state index is 0.205. The highest BCUT2D eigenvalue weighted by Crippen LogP contribution is 2.19. The van der Waals surface area contributed by atoms with Crippen LogP contribution in [0.5, 0.6) is 5.75 Å². The molecule has 3 rings (SSSR count). The van der Waals surface area contributed by atoms with Crippen LogP contribution in [0.2, 0.25) is 0 Å². The Morgan fingerprint density at radius 1 is 1.25 bits per heavy atom. The number of ether oxygens (including phenoxy) is 1. The molecule has 0 saturated carbocycles. The fourth-order valence-corrected chi connectivity index (χ4v) is 2.47. The second-order valence-corrected chi connectivity index (χ2v) is 5.55. The number of carbonyl (C=O) groups is 1. The lowest BCUT2D eigenvalue weighted by Crippen LogP contribution is -2.12. The Balaban J connectivity index is 1.81. The summed E-state index contributed by atoms with van der Waals surface area (Å²) in [7, 11) is 1.68. The van der Waals surface area contributed by atoms with Crippen molar-refractivity contribution in [1.82, 2.24) is 9.55 Å². The van der Waals surface area contributed by atoms with Crippen molar-refractivity contribution >= 4 is 22.6 Å². The van der Waals surface area contributed by atoms with E-state index in [0.717, 1.165) is 17.7 Å². The summed E-state index contributed by atoms with van der Waals surface area (Å²) >= 11 is 0. The first-order valence-corrected chi connectivity index (χ1v) is 7.81. The van der Waals surface area contributed by atoms with Crippen LogP contribution in [0.3, 0.4) is 0 Å². The molecule has 0 bridgehead atoms. The zero-order chi connectivity index (χ0) is 17.1. The van der Waals surface area contributed by atoms with E-state index in [0.29, 0.717) is 23.4 Å². The molecule has 2 aromatic carbocycles. The molecule has 0 unspecified atom stereocenters. The minimum Gasteiger partial charge on any atom is -0.494 e. The van der Waals surface area contributed by atoms with E-state index in [-0.39, 0.29) is 11.6 Å². The molecule has 0 fully saturated rings. The Bertz CT molecular complexity index is 940. The van der Waals surface area contributed by atoms with Gasteiger partial charge in [0, 0.05) is 24.4 Å². The summed E-state index contributed by atoms with van der Waals surface area (Å²) in [6.07, 6.45) is 0.922. The molecule has 0 spiro atoms. The number of anilines is 1. The SMILES string of the molecule is CCCOc1cccc(NC(=O)c2ccc3c(c2)[nH]c(=O)n3C)c1. The van der Waals surface area contributed by atoms with Crippen LogP contribution in [-0.4, -0.2) is 22.1 Å². The highest BCUT2D eigenvalue weighted by atomic mass is 16.5. The van der Waals surface area contributed by atoms with Gasteiger partial charge in [-0.25, -0.2) is 4.79 Å². The fraction of sp³-hybridized carbons (Fsp3) is 0.222. The first kappa shape index (κ1) is 15.9. The number of hydrogen-bond acceptors (Lipinski definition) is 3. The van der Waals surface area contributed by atoms with Gasteiger partial charge in [0.25, 0.3) is 5.91 Å². The molecular formula is C18H19N3O3. The molecule has 124 valence electrons. The number of aryl methyl sites for hydroxylation is 1. The number of aromatic nitrogens is 2. The molecule has 6 nitrogen and oxygen atoms in total. The zero-order valence-corrected chi connectivity index (χ0v) is 13.6. The number of fused-ring (bicyclic) bond motifs is 1. The molecule has 0 aliphatic carbocycles. The number of aromatic amines is 1. The normalized spacial score (nSPS) is 10.8. The number of imidazole rings is 1. The molecular weight excluding hydrogens is 306 g/mol. The Kier molecular flexibility index (Phi) is 4.37. The third-order valence-corrected chi connectivity index (χ3v) is 3.73. The molecule has 0 radical (unpaired) electrons. The van der Waals surface area contributed by atoms with Gasteiger partial charge in [0.05, 0.1) is 17.6 Å². The van der Waals surface area contributed by atoms with Gasteiger partial charge in [0.15, 0.2) is 0 Å². The molecule has 1 heterocycles. The molecule has 1 aromatic heterocycles. The lowest BCUT2D eigenvalue weighted by atomic mass is 10.2. The van der Waals surface area contributed by atoms with E-state index in [1.54, 1.807) is 37.4 Å². The van der Waals surface area contributed by atoms with Crippen molar-refractivity contribution in [3.63, 3.8) is 0 Å². The van der Waals surface area contributed by atoms with Crippen LogP contribution in [-0.2, 0) is 7.05 Å². The van der Waals surface area contributed by atoms with Gasteiger partial charge in [-0.3, -0.25) is 9.36 Å². The summed E-state index contributed by atoms with van der Waals surface area (Å²) in [5, 5.41) is 2.84. The van der Waals surface area contributed by atoms with Gasteiger partial charge in [-0.1, -0.05) is 13.0 Å². The lowest BCUT2D eigenvalue weighted by Gasteiger charge is -2.09. The van der Waals surface area contributed by atoms with Crippen LogP contribution in [0.25, 0.3) is 11.0 Å². The topological polar surface area (TPSA) is 76.1 Å².